The molecule has 0 atom stereocenters. The van der Waals surface area contributed by atoms with Crippen molar-refractivity contribution >= 4 is 49.2 Å². The number of amides is 1. The molecule has 0 saturated carbocycles. The van der Waals surface area contributed by atoms with E-state index in [4.69, 9.17) is 0 Å². The summed E-state index contributed by atoms with van der Waals surface area (Å²) in [6, 6.07) is 5.32. The van der Waals surface area contributed by atoms with Crippen LogP contribution in [0.3, 0.4) is 0 Å². The molecule has 0 unspecified atom stereocenters. The van der Waals surface area contributed by atoms with Crippen molar-refractivity contribution in [2.45, 2.75) is 13.0 Å². The normalized spacial score (nSPS) is 10.8. The van der Waals surface area contributed by atoms with Gasteiger partial charge in [-0.3, -0.25) is 14.2 Å². The van der Waals surface area contributed by atoms with Crippen molar-refractivity contribution in [1.29, 1.82) is 0 Å². The summed E-state index contributed by atoms with van der Waals surface area (Å²) in [5.41, 5.74) is 1.99. The summed E-state index contributed by atoms with van der Waals surface area (Å²) < 4.78 is 2.24. The second kappa shape index (κ2) is 6.32. The molecule has 1 aromatic carbocycles. The van der Waals surface area contributed by atoms with E-state index < -0.39 is 0 Å². The van der Waals surface area contributed by atoms with Gasteiger partial charge >= 0.3 is 0 Å². The molecule has 0 saturated heterocycles. The number of rotatable bonds is 4. The summed E-state index contributed by atoms with van der Waals surface area (Å²) in [7, 11) is 0. The SMILES string of the molecule is O=C(CCn1cnc2ccc(Br)cc2c1=O)Nc1nncs1. The van der Waals surface area contributed by atoms with Gasteiger partial charge in [-0.25, -0.2) is 4.98 Å². The number of aryl methyl sites for hydroxylation is 1. The summed E-state index contributed by atoms with van der Waals surface area (Å²) in [6.45, 7) is 0.249. The van der Waals surface area contributed by atoms with E-state index in [2.05, 4.69) is 36.4 Å². The Morgan fingerprint density at radius 2 is 2.27 bits per heavy atom. The predicted octanol–water partition coefficient (Wildman–Crippen LogP) is 2.04. The van der Waals surface area contributed by atoms with Gasteiger partial charge in [-0.05, 0) is 18.2 Å². The molecular weight excluding hydrogens is 370 g/mol. The molecule has 1 amide bonds. The fourth-order valence-corrected chi connectivity index (χ4v) is 2.74. The van der Waals surface area contributed by atoms with Crippen LogP contribution in [0.15, 0.2) is 39.3 Å². The Balaban J connectivity index is 1.75. The van der Waals surface area contributed by atoms with Gasteiger partial charge in [0.25, 0.3) is 5.56 Å². The molecule has 2 heterocycles. The number of carbonyl (C=O) groups excluding carboxylic acids is 1. The molecule has 0 aliphatic carbocycles. The maximum atomic E-state index is 12.4. The third-order valence-corrected chi connectivity index (χ3v) is 4.07. The largest absolute Gasteiger partial charge is 0.300 e. The van der Waals surface area contributed by atoms with E-state index in [1.807, 2.05) is 6.07 Å². The average molecular weight is 380 g/mol. The van der Waals surface area contributed by atoms with Crippen LogP contribution in [0, 0.1) is 0 Å². The maximum Gasteiger partial charge on any atom is 0.261 e. The van der Waals surface area contributed by atoms with Crippen LogP contribution in [-0.4, -0.2) is 25.7 Å². The lowest BCUT2D eigenvalue weighted by Gasteiger charge is -2.06. The minimum absolute atomic E-state index is 0.153. The standard InChI is InChI=1S/C13H10BrN5O2S/c14-8-1-2-10-9(5-8)12(21)19(6-15-10)4-3-11(20)17-13-18-16-7-22-13/h1-2,5-7H,3-4H2,(H,17,18,20). The van der Waals surface area contributed by atoms with E-state index in [1.54, 1.807) is 12.1 Å². The fraction of sp³-hybridized carbons (Fsp3) is 0.154. The number of aromatic nitrogens is 4. The van der Waals surface area contributed by atoms with Crippen LogP contribution in [0.2, 0.25) is 0 Å². The van der Waals surface area contributed by atoms with Crippen molar-refractivity contribution in [3.8, 4) is 0 Å². The monoisotopic (exact) mass is 379 g/mol. The van der Waals surface area contributed by atoms with Crippen molar-refractivity contribution in [3.05, 3.63) is 44.9 Å². The molecule has 0 fully saturated rings. The molecule has 0 spiro atoms. The highest BCUT2D eigenvalue weighted by Gasteiger charge is 2.08. The number of nitrogens with zero attached hydrogens (tertiary/aromatic N) is 4. The van der Waals surface area contributed by atoms with Crippen molar-refractivity contribution < 1.29 is 4.79 Å². The first-order valence-corrected chi connectivity index (χ1v) is 8.01. The number of hydrogen-bond acceptors (Lipinski definition) is 6. The van der Waals surface area contributed by atoms with Crippen molar-refractivity contribution in [3.63, 3.8) is 0 Å². The van der Waals surface area contributed by atoms with Crippen molar-refractivity contribution in [2.24, 2.45) is 0 Å². The summed E-state index contributed by atoms with van der Waals surface area (Å²) in [4.78, 5) is 28.4. The molecule has 0 aliphatic heterocycles. The van der Waals surface area contributed by atoms with Gasteiger partial charge in [0.05, 0.1) is 17.2 Å². The minimum atomic E-state index is -0.224. The van der Waals surface area contributed by atoms with Gasteiger partial charge < -0.3 is 5.32 Å². The van der Waals surface area contributed by atoms with Crippen LogP contribution in [0.1, 0.15) is 6.42 Å². The molecule has 22 heavy (non-hydrogen) atoms. The lowest BCUT2D eigenvalue weighted by atomic mass is 10.2. The molecule has 0 radical (unpaired) electrons. The lowest BCUT2D eigenvalue weighted by molar-refractivity contribution is -0.116. The lowest BCUT2D eigenvalue weighted by Crippen LogP contribution is -2.23. The molecule has 2 aromatic heterocycles. The number of fused-ring (bicyclic) bond motifs is 1. The van der Waals surface area contributed by atoms with E-state index in [0.717, 1.165) is 4.47 Å². The first kappa shape index (κ1) is 14.8. The Bertz CT molecular complexity index is 878. The van der Waals surface area contributed by atoms with Gasteiger partial charge in [-0.1, -0.05) is 27.3 Å². The quantitative estimate of drug-likeness (QED) is 0.748. The highest BCUT2D eigenvalue weighted by molar-refractivity contribution is 9.10. The highest BCUT2D eigenvalue weighted by Crippen LogP contribution is 2.15. The molecule has 3 aromatic rings. The van der Waals surface area contributed by atoms with Crippen LogP contribution < -0.4 is 10.9 Å². The summed E-state index contributed by atoms with van der Waals surface area (Å²) in [6.07, 6.45) is 1.61. The fourth-order valence-electron chi connectivity index (χ4n) is 1.92. The second-order valence-electron chi connectivity index (χ2n) is 4.45. The minimum Gasteiger partial charge on any atom is -0.300 e. The van der Waals surface area contributed by atoms with E-state index in [-0.39, 0.29) is 24.4 Å². The molecule has 3 rings (SSSR count). The van der Waals surface area contributed by atoms with E-state index in [0.29, 0.717) is 16.0 Å². The second-order valence-corrected chi connectivity index (χ2v) is 6.20. The summed E-state index contributed by atoms with van der Waals surface area (Å²) in [5.74, 6) is -0.224. The third-order valence-electron chi connectivity index (χ3n) is 2.97. The van der Waals surface area contributed by atoms with Crippen LogP contribution in [-0.2, 0) is 11.3 Å². The molecule has 0 bridgehead atoms. The van der Waals surface area contributed by atoms with Gasteiger partial charge in [0.15, 0.2) is 0 Å². The number of hydrogen-bond donors (Lipinski definition) is 1. The third kappa shape index (κ3) is 3.20. The number of benzene rings is 1. The van der Waals surface area contributed by atoms with Crippen LogP contribution in [0.4, 0.5) is 5.13 Å². The van der Waals surface area contributed by atoms with Crippen molar-refractivity contribution in [1.82, 2.24) is 19.7 Å². The summed E-state index contributed by atoms with van der Waals surface area (Å²) >= 11 is 4.57. The molecule has 0 aliphatic rings. The van der Waals surface area contributed by atoms with Gasteiger partial charge in [0, 0.05) is 17.4 Å². The Labute approximate surface area is 137 Å². The first-order chi connectivity index (χ1) is 10.6. The Kier molecular flexibility index (Phi) is 4.25. The zero-order valence-electron chi connectivity index (χ0n) is 11.2. The Morgan fingerprint density at radius 1 is 1.41 bits per heavy atom. The van der Waals surface area contributed by atoms with E-state index >= 15 is 0 Å². The molecule has 112 valence electrons. The first-order valence-electron chi connectivity index (χ1n) is 6.34. The van der Waals surface area contributed by atoms with Crippen LogP contribution >= 0.6 is 27.3 Å². The molecular formula is C13H10BrN5O2S. The molecule has 1 N–H and O–H groups in total. The van der Waals surface area contributed by atoms with Gasteiger partial charge in [-0.2, -0.15) is 0 Å². The smallest absolute Gasteiger partial charge is 0.261 e. The van der Waals surface area contributed by atoms with Gasteiger partial charge in [0.1, 0.15) is 5.51 Å². The predicted molar refractivity (Wildman–Crippen MR) is 86.9 cm³/mol. The Morgan fingerprint density at radius 3 is 3.05 bits per heavy atom. The van der Waals surface area contributed by atoms with Gasteiger partial charge in [-0.15, -0.1) is 10.2 Å². The average Bonchev–Trinajstić information content (AvgIpc) is 3.00. The zero-order valence-corrected chi connectivity index (χ0v) is 13.6. The van der Waals surface area contributed by atoms with Crippen LogP contribution in [0.25, 0.3) is 10.9 Å². The Hall–Kier alpha value is -2.13. The maximum absolute atomic E-state index is 12.4. The van der Waals surface area contributed by atoms with Gasteiger partial charge in [0.2, 0.25) is 11.0 Å². The highest BCUT2D eigenvalue weighted by atomic mass is 79.9. The number of nitrogens with one attached hydrogen (secondary N) is 1. The topological polar surface area (TPSA) is 89.8 Å². The number of halogens is 1. The van der Waals surface area contributed by atoms with E-state index in [9.17, 15) is 9.59 Å². The summed E-state index contributed by atoms with van der Waals surface area (Å²) in [5, 5.41) is 10.9. The molecule has 9 heteroatoms. The van der Waals surface area contributed by atoms with Crippen LogP contribution in [0.5, 0.6) is 0 Å². The molecule has 7 nitrogen and oxygen atoms in total. The van der Waals surface area contributed by atoms with Crippen molar-refractivity contribution in [2.75, 3.05) is 5.32 Å². The number of anilines is 1. The van der Waals surface area contributed by atoms with E-state index in [1.165, 1.54) is 27.7 Å². The number of carbonyl (C=O) groups is 1. The zero-order chi connectivity index (χ0) is 15.5.